The average molecular weight is 613 g/mol. The van der Waals surface area contributed by atoms with Crippen molar-refractivity contribution in [3.05, 3.63) is 59.4 Å². The maximum atomic E-state index is 13.6. The van der Waals surface area contributed by atoms with Gasteiger partial charge in [-0.25, -0.2) is 14.6 Å². The number of carbonyl (C=O) groups is 4. The van der Waals surface area contributed by atoms with Crippen LogP contribution in [0.3, 0.4) is 0 Å². The highest BCUT2D eigenvalue weighted by atomic mass is 16.7. The normalized spacial score (nSPS) is 19.9. The molecule has 12 nitrogen and oxygen atoms in total. The molecule has 2 aromatic rings. The molecule has 3 rings (SSSR count). The Balaban J connectivity index is 1.89. The van der Waals surface area contributed by atoms with Crippen molar-refractivity contribution in [2.75, 3.05) is 27.1 Å². The highest BCUT2D eigenvalue weighted by Gasteiger charge is 2.38. The molecule has 0 bridgehead atoms. The van der Waals surface area contributed by atoms with Gasteiger partial charge in [0.25, 0.3) is 5.91 Å². The predicted octanol–water partition coefficient (Wildman–Crippen LogP) is 3.87. The van der Waals surface area contributed by atoms with Gasteiger partial charge in [-0.05, 0) is 37.3 Å². The van der Waals surface area contributed by atoms with E-state index in [-0.39, 0.29) is 35.1 Å². The van der Waals surface area contributed by atoms with E-state index in [9.17, 15) is 19.2 Å². The van der Waals surface area contributed by atoms with Crippen LogP contribution < -0.4 is 14.8 Å². The smallest absolute Gasteiger partial charge is 0.337 e. The van der Waals surface area contributed by atoms with Crippen molar-refractivity contribution in [3.63, 3.8) is 0 Å². The summed E-state index contributed by atoms with van der Waals surface area (Å²) in [4.78, 5) is 56.1. The number of benzene rings is 1. The van der Waals surface area contributed by atoms with Crippen LogP contribution in [0.2, 0.25) is 0 Å². The lowest BCUT2D eigenvalue weighted by atomic mass is 9.95. The molecule has 1 amide bonds. The molecule has 1 fully saturated rings. The minimum Gasteiger partial charge on any atom is -0.493 e. The Kier molecular flexibility index (Phi) is 12.7. The van der Waals surface area contributed by atoms with Crippen LogP contribution in [0.5, 0.6) is 11.5 Å². The zero-order valence-corrected chi connectivity index (χ0v) is 25.9. The van der Waals surface area contributed by atoms with Crippen molar-refractivity contribution < 1.29 is 47.6 Å². The minimum atomic E-state index is -1.39. The van der Waals surface area contributed by atoms with Crippen LogP contribution in [-0.2, 0) is 33.3 Å². The average Bonchev–Trinajstić information content (AvgIpc) is 3.04. The molecule has 44 heavy (non-hydrogen) atoms. The number of pyridine rings is 1. The van der Waals surface area contributed by atoms with Crippen LogP contribution in [0, 0.1) is 5.92 Å². The van der Waals surface area contributed by atoms with Crippen LogP contribution in [0.4, 0.5) is 0 Å². The van der Waals surface area contributed by atoms with Crippen LogP contribution >= 0.6 is 0 Å². The summed E-state index contributed by atoms with van der Waals surface area (Å²) in [6.07, 6.45) is 0.267. The second kappa shape index (κ2) is 16.4. The summed E-state index contributed by atoms with van der Waals surface area (Å²) < 4.78 is 33.3. The number of methoxy groups -OCH3 is 1. The number of nitrogens with zero attached hydrogens (tertiary/aromatic N) is 1. The van der Waals surface area contributed by atoms with Gasteiger partial charge in [0.05, 0.1) is 12.7 Å². The molecule has 0 unspecified atom stereocenters. The second-order valence-electron chi connectivity index (χ2n) is 10.5. The zero-order valence-electron chi connectivity index (χ0n) is 25.9. The van der Waals surface area contributed by atoms with Gasteiger partial charge in [-0.2, -0.15) is 0 Å². The first-order chi connectivity index (χ1) is 21.1. The fraction of sp³-hybridized carbons (Fsp3) is 0.469. The van der Waals surface area contributed by atoms with E-state index < -0.39 is 55.5 Å². The topological polar surface area (TPSA) is 149 Å². The molecule has 2 heterocycles. The maximum Gasteiger partial charge on any atom is 0.337 e. The molecular formula is C32H40N2O10. The molecule has 1 aliphatic rings. The molecule has 0 radical (unpaired) electrons. The Morgan fingerprint density at radius 2 is 1.86 bits per heavy atom. The molecule has 0 spiro atoms. The predicted molar refractivity (Wildman–Crippen MR) is 159 cm³/mol. The lowest BCUT2D eigenvalue weighted by Crippen LogP contribution is -2.46. The van der Waals surface area contributed by atoms with Gasteiger partial charge in [-0.1, -0.05) is 51.1 Å². The number of esters is 3. The Labute approximate surface area is 257 Å². The van der Waals surface area contributed by atoms with E-state index in [0.717, 1.165) is 5.56 Å². The molecule has 0 aliphatic carbocycles. The quantitative estimate of drug-likeness (QED) is 0.161. The number of hydrogen-bond acceptors (Lipinski definition) is 11. The lowest BCUT2D eigenvalue weighted by Gasteiger charge is -2.27. The molecule has 1 aromatic heterocycles. The van der Waals surface area contributed by atoms with E-state index in [1.165, 1.54) is 19.4 Å². The summed E-state index contributed by atoms with van der Waals surface area (Å²) in [6.45, 7) is 8.43. The van der Waals surface area contributed by atoms with Gasteiger partial charge in [0.2, 0.25) is 6.79 Å². The maximum absolute atomic E-state index is 13.6. The minimum absolute atomic E-state index is 0.107. The number of nitrogens with one attached hydrogen (secondary N) is 1. The Morgan fingerprint density at radius 3 is 2.52 bits per heavy atom. The van der Waals surface area contributed by atoms with Gasteiger partial charge in [0.1, 0.15) is 18.8 Å². The van der Waals surface area contributed by atoms with Crippen LogP contribution in [0.15, 0.2) is 48.2 Å². The Morgan fingerprint density at radius 1 is 1.14 bits per heavy atom. The number of hydrogen-bond donors (Lipinski definition) is 1. The molecule has 1 aromatic carbocycles. The van der Waals surface area contributed by atoms with Gasteiger partial charge >= 0.3 is 17.9 Å². The van der Waals surface area contributed by atoms with E-state index in [4.69, 9.17) is 28.4 Å². The van der Waals surface area contributed by atoms with Gasteiger partial charge < -0.3 is 33.7 Å². The number of cyclic esters (lactones) is 2. The fourth-order valence-electron chi connectivity index (χ4n) is 4.36. The Hall–Kier alpha value is -4.45. The monoisotopic (exact) mass is 612 g/mol. The summed E-state index contributed by atoms with van der Waals surface area (Å²) in [5.74, 6) is -2.69. The number of aromatic nitrogens is 1. The highest BCUT2D eigenvalue weighted by Crippen LogP contribution is 2.30. The first-order valence-corrected chi connectivity index (χ1v) is 14.4. The molecule has 3 atom stereocenters. The lowest BCUT2D eigenvalue weighted by molar-refractivity contribution is -0.157. The molecular weight excluding hydrogens is 572 g/mol. The fourth-order valence-corrected chi connectivity index (χ4v) is 4.36. The van der Waals surface area contributed by atoms with Crippen molar-refractivity contribution in [2.24, 2.45) is 5.92 Å². The highest BCUT2D eigenvalue weighted by molar-refractivity contribution is 6.00. The van der Waals surface area contributed by atoms with Crippen molar-refractivity contribution in [3.8, 4) is 11.5 Å². The van der Waals surface area contributed by atoms with Crippen molar-refractivity contribution in [2.45, 2.75) is 65.7 Å². The van der Waals surface area contributed by atoms with Crippen molar-refractivity contribution >= 4 is 29.4 Å². The van der Waals surface area contributed by atoms with Crippen LogP contribution in [-0.4, -0.2) is 74.2 Å². The third kappa shape index (κ3) is 9.03. The molecule has 238 valence electrons. The summed E-state index contributed by atoms with van der Waals surface area (Å²) in [5, 5.41) is 2.52. The number of allylic oxidation sites excluding steroid dienone is 1. The standard InChI is InChI=1S/C32H40N2O10/c1-7-11-25(35)42-18-43-29-24(39-6)14-15-33-27(29)30(36)34-23-17-41-32(38)26(20(4)22-12-9-8-10-13-22)28(40-16-19(2)3)21(5)44-31(23)37/h8-10,12-15,19,21,23,28H,7,11,16-18H2,1-6H3,(H,34,36)/b26-20+/t21-,23-,28-/m0/s1. The van der Waals surface area contributed by atoms with E-state index in [1.807, 2.05) is 51.1 Å². The summed E-state index contributed by atoms with van der Waals surface area (Å²) in [5.41, 5.74) is 1.35. The molecule has 1 saturated heterocycles. The van der Waals surface area contributed by atoms with E-state index in [1.54, 1.807) is 13.8 Å². The molecule has 1 N–H and O–H groups in total. The summed E-state index contributed by atoms with van der Waals surface area (Å²) in [7, 11) is 1.36. The number of amides is 1. The molecule has 12 heteroatoms. The van der Waals surface area contributed by atoms with E-state index >= 15 is 0 Å². The van der Waals surface area contributed by atoms with Crippen molar-refractivity contribution in [1.29, 1.82) is 0 Å². The van der Waals surface area contributed by atoms with Gasteiger partial charge in [-0.3, -0.25) is 9.59 Å². The number of ether oxygens (including phenoxy) is 6. The SMILES string of the molecule is CCCC(=O)OCOc1c(OC)ccnc1C(=O)N[C@H]1COC(=O)/C(=C(\C)c2ccccc2)[C@@H](OCC(C)C)[C@H](C)OC1=O. The first-order valence-electron chi connectivity index (χ1n) is 14.4. The third-order valence-corrected chi connectivity index (χ3v) is 6.60. The van der Waals surface area contributed by atoms with Crippen molar-refractivity contribution in [1.82, 2.24) is 10.3 Å². The van der Waals surface area contributed by atoms with Gasteiger partial charge in [0.15, 0.2) is 23.2 Å². The van der Waals surface area contributed by atoms with Gasteiger partial charge in [-0.15, -0.1) is 0 Å². The second-order valence-corrected chi connectivity index (χ2v) is 10.5. The Bertz CT molecular complexity index is 1340. The first kappa shape index (κ1) is 34.0. The van der Waals surface area contributed by atoms with E-state index in [2.05, 4.69) is 10.3 Å². The summed E-state index contributed by atoms with van der Waals surface area (Å²) in [6, 6.07) is 9.33. The summed E-state index contributed by atoms with van der Waals surface area (Å²) >= 11 is 0. The zero-order chi connectivity index (χ0) is 32.2. The molecule has 1 aliphatic heterocycles. The van der Waals surface area contributed by atoms with Crippen LogP contribution in [0.25, 0.3) is 5.57 Å². The number of rotatable bonds is 12. The van der Waals surface area contributed by atoms with Gasteiger partial charge in [0, 0.05) is 25.3 Å². The van der Waals surface area contributed by atoms with Crippen LogP contribution in [0.1, 0.15) is 63.5 Å². The third-order valence-electron chi connectivity index (χ3n) is 6.60. The van der Waals surface area contributed by atoms with E-state index in [0.29, 0.717) is 18.6 Å². The number of carbonyl (C=O) groups excluding carboxylic acids is 4. The largest absolute Gasteiger partial charge is 0.493 e. The molecule has 0 saturated carbocycles.